The number of esters is 1. The highest BCUT2D eigenvalue weighted by Crippen LogP contribution is 2.37. The first-order valence-electron chi connectivity index (χ1n) is 14.4. The van der Waals surface area contributed by atoms with Crippen LogP contribution < -0.4 is 33.8 Å². The fourth-order valence-corrected chi connectivity index (χ4v) is 6.95. The molecule has 0 saturated carbocycles. The van der Waals surface area contributed by atoms with E-state index in [-0.39, 0.29) is 30.2 Å². The molecule has 5 rings (SSSR count). The Morgan fingerprint density at radius 2 is 1.78 bits per heavy atom. The van der Waals surface area contributed by atoms with Crippen LogP contribution in [0.4, 0.5) is 4.39 Å². The van der Waals surface area contributed by atoms with Crippen LogP contribution in [0.1, 0.15) is 43.5 Å². The van der Waals surface area contributed by atoms with Crippen molar-refractivity contribution in [2.24, 2.45) is 4.99 Å². The molecule has 0 fully saturated rings. The van der Waals surface area contributed by atoms with Gasteiger partial charge >= 0.3 is 5.97 Å². The number of thiazole rings is 1. The molecule has 12 heteroatoms. The maximum absolute atomic E-state index is 14.2. The van der Waals surface area contributed by atoms with Gasteiger partial charge < -0.3 is 23.7 Å². The van der Waals surface area contributed by atoms with Crippen LogP contribution in [0.5, 0.6) is 23.0 Å². The molecule has 0 saturated heterocycles. The number of allylic oxidation sites excluding steroid dienone is 1. The van der Waals surface area contributed by atoms with E-state index < -0.39 is 12.0 Å². The van der Waals surface area contributed by atoms with E-state index in [4.69, 9.17) is 23.7 Å². The Labute approximate surface area is 282 Å². The number of hydrogen-bond donors (Lipinski definition) is 0. The predicted molar refractivity (Wildman–Crippen MR) is 181 cm³/mol. The number of fused-ring (bicyclic) bond motifs is 1. The Bertz CT molecular complexity index is 2000. The topological polar surface area (TPSA) is 97.6 Å². The Morgan fingerprint density at radius 1 is 1.02 bits per heavy atom. The molecule has 0 aliphatic carbocycles. The van der Waals surface area contributed by atoms with Crippen LogP contribution >= 0.6 is 33.9 Å². The van der Waals surface area contributed by atoms with Gasteiger partial charge in [0.2, 0.25) is 0 Å². The van der Waals surface area contributed by atoms with Gasteiger partial charge in [0.1, 0.15) is 12.4 Å². The third kappa shape index (κ3) is 6.68. The van der Waals surface area contributed by atoms with E-state index in [0.717, 1.165) is 0 Å². The minimum Gasteiger partial charge on any atom is -0.493 e. The summed E-state index contributed by atoms with van der Waals surface area (Å²) in [5.74, 6) is 1.00. The van der Waals surface area contributed by atoms with Crippen molar-refractivity contribution >= 4 is 46.0 Å². The van der Waals surface area contributed by atoms with Crippen LogP contribution in [-0.4, -0.2) is 38.0 Å². The minimum atomic E-state index is -0.814. The highest BCUT2D eigenvalue weighted by Gasteiger charge is 2.34. The Kier molecular flexibility index (Phi) is 10.5. The lowest BCUT2D eigenvalue weighted by atomic mass is 9.95. The van der Waals surface area contributed by atoms with Gasteiger partial charge in [-0.3, -0.25) is 9.36 Å². The number of carbonyl (C=O) groups is 1. The molecule has 0 spiro atoms. The number of aromatic nitrogens is 1. The van der Waals surface area contributed by atoms with E-state index in [0.29, 0.717) is 64.9 Å². The molecule has 0 bridgehead atoms. The molecule has 4 aromatic rings. The number of nitrogens with zero attached hydrogens (tertiary/aromatic N) is 2. The van der Waals surface area contributed by atoms with Crippen molar-refractivity contribution in [1.82, 2.24) is 4.57 Å². The average molecular weight is 759 g/mol. The maximum atomic E-state index is 14.2. The summed E-state index contributed by atoms with van der Waals surface area (Å²) in [5.41, 5.74) is 2.14. The second kappa shape index (κ2) is 14.5. The van der Waals surface area contributed by atoms with E-state index >= 15 is 0 Å². The van der Waals surface area contributed by atoms with Crippen molar-refractivity contribution in [1.29, 1.82) is 0 Å². The van der Waals surface area contributed by atoms with E-state index in [1.807, 2.05) is 13.0 Å². The molecular weight excluding hydrogens is 726 g/mol. The lowest BCUT2D eigenvalue weighted by Crippen LogP contribution is -2.40. The number of benzene rings is 3. The van der Waals surface area contributed by atoms with Crippen LogP contribution in [0.2, 0.25) is 0 Å². The summed E-state index contributed by atoms with van der Waals surface area (Å²) in [6.45, 7) is 5.91. The normalized spacial score (nSPS) is 14.4. The minimum absolute atomic E-state index is 0.0233. The van der Waals surface area contributed by atoms with Crippen LogP contribution in [-0.2, 0) is 16.1 Å². The number of hydrogen-bond acceptors (Lipinski definition) is 9. The summed E-state index contributed by atoms with van der Waals surface area (Å²) in [7, 11) is 3.07. The lowest BCUT2D eigenvalue weighted by Gasteiger charge is -2.25. The van der Waals surface area contributed by atoms with E-state index in [1.54, 1.807) is 69.5 Å². The van der Waals surface area contributed by atoms with Crippen LogP contribution in [0, 0.1) is 9.39 Å². The van der Waals surface area contributed by atoms with Gasteiger partial charge in [0.25, 0.3) is 5.56 Å². The zero-order valence-electron chi connectivity index (χ0n) is 25.9. The number of halogens is 2. The summed E-state index contributed by atoms with van der Waals surface area (Å²) in [4.78, 5) is 32.5. The summed E-state index contributed by atoms with van der Waals surface area (Å²) in [6.07, 6.45) is 1.75. The third-order valence-corrected chi connectivity index (χ3v) is 8.98. The predicted octanol–water partition coefficient (Wildman–Crippen LogP) is 5.54. The van der Waals surface area contributed by atoms with Crippen LogP contribution in [0.15, 0.2) is 75.7 Å². The van der Waals surface area contributed by atoms with E-state index in [9.17, 15) is 14.0 Å². The highest BCUT2D eigenvalue weighted by atomic mass is 127. The summed E-state index contributed by atoms with van der Waals surface area (Å²) in [6, 6.07) is 14.5. The largest absolute Gasteiger partial charge is 0.493 e. The summed E-state index contributed by atoms with van der Waals surface area (Å²) < 4.78 is 45.1. The van der Waals surface area contributed by atoms with Crippen LogP contribution in [0.3, 0.4) is 0 Å². The smallest absolute Gasteiger partial charge is 0.338 e. The molecule has 1 atom stereocenters. The molecule has 0 amide bonds. The second-order valence-corrected chi connectivity index (χ2v) is 12.2. The second-order valence-electron chi connectivity index (χ2n) is 10.1. The molecule has 1 aromatic heterocycles. The summed E-state index contributed by atoms with van der Waals surface area (Å²) in [5, 5.41) is 0. The van der Waals surface area contributed by atoms with Gasteiger partial charge in [-0.05, 0) is 90.9 Å². The Morgan fingerprint density at radius 3 is 2.48 bits per heavy atom. The van der Waals surface area contributed by atoms with Gasteiger partial charge in [-0.1, -0.05) is 35.6 Å². The average Bonchev–Trinajstić information content (AvgIpc) is 3.34. The first-order valence-corrected chi connectivity index (χ1v) is 16.3. The standard InChI is InChI=1S/C34H32FIN2O7S/c1-6-43-26-17-21(12-13-25(26)41-4)30-29(33(40)44-7-2)19(3)37-34-38(30)32(39)28(46-34)16-20-14-24(36)31(27(15-20)42-5)45-18-22-10-8-9-11-23(22)35/h8-17,30H,6-7,18H2,1-5H3/b28-16-/t30-/m0/s1. The number of ether oxygens (including phenoxy) is 5. The first-order chi connectivity index (χ1) is 22.2. The molecule has 3 aromatic carbocycles. The number of carbonyl (C=O) groups excluding carboxylic acids is 1. The molecule has 0 unspecified atom stereocenters. The third-order valence-electron chi connectivity index (χ3n) is 7.20. The van der Waals surface area contributed by atoms with Crippen molar-refractivity contribution in [3.8, 4) is 23.0 Å². The van der Waals surface area contributed by atoms with Gasteiger partial charge in [0.15, 0.2) is 27.8 Å². The molecule has 46 heavy (non-hydrogen) atoms. The lowest BCUT2D eigenvalue weighted by molar-refractivity contribution is -0.139. The zero-order chi connectivity index (χ0) is 33.0. The number of rotatable bonds is 11. The van der Waals surface area contributed by atoms with Gasteiger partial charge in [-0.15, -0.1) is 0 Å². The first kappa shape index (κ1) is 33.2. The molecule has 1 aliphatic rings. The summed E-state index contributed by atoms with van der Waals surface area (Å²) >= 11 is 3.33. The quantitative estimate of drug-likeness (QED) is 0.147. The van der Waals surface area contributed by atoms with Gasteiger partial charge in [-0.25, -0.2) is 14.2 Å². The van der Waals surface area contributed by atoms with Gasteiger partial charge in [0, 0.05) is 5.56 Å². The number of methoxy groups -OCH3 is 2. The van der Waals surface area contributed by atoms with Crippen molar-refractivity contribution in [3.05, 3.63) is 112 Å². The fourth-order valence-electron chi connectivity index (χ4n) is 5.12. The molecule has 2 heterocycles. The van der Waals surface area contributed by atoms with E-state index in [2.05, 4.69) is 27.6 Å². The monoisotopic (exact) mass is 758 g/mol. The SMILES string of the molecule is CCOC(=O)C1=C(C)N=c2s/c(=C\c3cc(I)c(OCc4ccccc4F)c(OC)c3)c(=O)n2[C@H]1c1ccc(OC)c(OCC)c1. The van der Waals surface area contributed by atoms with Crippen molar-refractivity contribution in [2.45, 2.75) is 33.4 Å². The zero-order valence-corrected chi connectivity index (χ0v) is 28.9. The van der Waals surface area contributed by atoms with Gasteiger partial charge in [-0.2, -0.15) is 0 Å². The van der Waals surface area contributed by atoms with Crippen molar-refractivity contribution in [2.75, 3.05) is 27.4 Å². The molecular formula is C34H32FIN2O7S. The Balaban J connectivity index is 1.61. The van der Waals surface area contributed by atoms with Gasteiger partial charge in [0.05, 0.1) is 52.8 Å². The fraction of sp³-hybridized carbons (Fsp3) is 0.265. The van der Waals surface area contributed by atoms with Crippen LogP contribution in [0.25, 0.3) is 6.08 Å². The molecule has 9 nitrogen and oxygen atoms in total. The molecule has 0 radical (unpaired) electrons. The maximum Gasteiger partial charge on any atom is 0.338 e. The molecule has 240 valence electrons. The Hall–Kier alpha value is -4.17. The van der Waals surface area contributed by atoms with E-state index in [1.165, 1.54) is 29.1 Å². The highest BCUT2D eigenvalue weighted by molar-refractivity contribution is 14.1. The van der Waals surface area contributed by atoms with Crippen molar-refractivity contribution < 1.29 is 32.9 Å². The molecule has 1 aliphatic heterocycles. The van der Waals surface area contributed by atoms with Crippen molar-refractivity contribution in [3.63, 3.8) is 0 Å². The molecule has 0 N–H and O–H groups in total.